The van der Waals surface area contributed by atoms with Gasteiger partial charge in [0.05, 0.1) is 39.5 Å². The molecular weight excluding hydrogens is 564 g/mol. The molecule has 1 aliphatic rings. The lowest BCUT2D eigenvalue weighted by molar-refractivity contribution is -0.139. The number of aromatic nitrogens is 1. The molecular formula is C30H33BrN2O4S. The normalized spacial score (nSPS) is 15.4. The van der Waals surface area contributed by atoms with Gasteiger partial charge in [0.2, 0.25) is 0 Å². The summed E-state index contributed by atoms with van der Waals surface area (Å²) in [5.74, 6) is 0.691. The SMILES string of the molecule is CCCC1=C(C(=O)OCC)[C@@H](c2ccc(C(C)C)cc2)n2c(s/c(=C\c3ccc(OCC)c(Br)c3)c2=O)=N1. The van der Waals surface area contributed by atoms with Gasteiger partial charge in [0.1, 0.15) is 5.75 Å². The number of benzene rings is 2. The Morgan fingerprint density at radius 1 is 1.13 bits per heavy atom. The molecule has 0 fully saturated rings. The van der Waals surface area contributed by atoms with Crippen LogP contribution >= 0.6 is 27.3 Å². The Morgan fingerprint density at radius 2 is 1.87 bits per heavy atom. The van der Waals surface area contributed by atoms with Gasteiger partial charge in [-0.1, -0.05) is 68.9 Å². The van der Waals surface area contributed by atoms with Crippen molar-refractivity contribution in [3.05, 3.63) is 94.6 Å². The predicted molar refractivity (Wildman–Crippen MR) is 155 cm³/mol. The largest absolute Gasteiger partial charge is 0.493 e. The zero-order valence-corrected chi connectivity index (χ0v) is 24.8. The number of esters is 1. The maximum absolute atomic E-state index is 13.9. The molecule has 0 bridgehead atoms. The third kappa shape index (κ3) is 5.71. The molecule has 2 aromatic carbocycles. The Morgan fingerprint density at radius 3 is 2.47 bits per heavy atom. The van der Waals surface area contributed by atoms with Crippen LogP contribution in [0, 0.1) is 0 Å². The van der Waals surface area contributed by atoms with Gasteiger partial charge in [-0.15, -0.1) is 0 Å². The number of allylic oxidation sites excluding steroid dienone is 1. The summed E-state index contributed by atoms with van der Waals surface area (Å²) in [6.45, 7) is 10.9. The van der Waals surface area contributed by atoms with Gasteiger partial charge in [-0.25, -0.2) is 9.79 Å². The number of thiazole rings is 1. The Hall–Kier alpha value is -2.97. The number of rotatable bonds is 9. The summed E-state index contributed by atoms with van der Waals surface area (Å²) in [5, 5.41) is 0. The topological polar surface area (TPSA) is 69.9 Å². The Labute approximate surface area is 235 Å². The minimum Gasteiger partial charge on any atom is -0.493 e. The molecule has 2 heterocycles. The summed E-state index contributed by atoms with van der Waals surface area (Å²) in [7, 11) is 0. The fraction of sp³-hybridized carbons (Fsp3) is 0.367. The van der Waals surface area contributed by atoms with Crippen LogP contribution in [0.5, 0.6) is 5.75 Å². The van der Waals surface area contributed by atoms with E-state index in [1.165, 1.54) is 16.9 Å². The van der Waals surface area contributed by atoms with E-state index in [9.17, 15) is 9.59 Å². The van der Waals surface area contributed by atoms with Crippen molar-refractivity contribution in [1.82, 2.24) is 4.57 Å². The molecule has 1 aromatic heterocycles. The van der Waals surface area contributed by atoms with E-state index >= 15 is 0 Å². The summed E-state index contributed by atoms with van der Waals surface area (Å²) >= 11 is 4.89. The number of ether oxygens (including phenoxy) is 2. The maximum Gasteiger partial charge on any atom is 0.338 e. The van der Waals surface area contributed by atoms with Crippen molar-refractivity contribution in [2.75, 3.05) is 13.2 Å². The molecule has 0 saturated heterocycles. The summed E-state index contributed by atoms with van der Waals surface area (Å²) in [6, 6.07) is 13.3. The van der Waals surface area contributed by atoms with Gasteiger partial charge in [-0.05, 0) is 77.0 Å². The van der Waals surface area contributed by atoms with Crippen LogP contribution in [0.2, 0.25) is 0 Å². The van der Waals surface area contributed by atoms with Crippen molar-refractivity contribution in [1.29, 1.82) is 0 Å². The van der Waals surface area contributed by atoms with Crippen LogP contribution in [0.25, 0.3) is 6.08 Å². The summed E-state index contributed by atoms with van der Waals surface area (Å²) < 4.78 is 14.1. The number of hydrogen-bond acceptors (Lipinski definition) is 6. The number of fused-ring (bicyclic) bond motifs is 1. The molecule has 38 heavy (non-hydrogen) atoms. The molecule has 0 saturated carbocycles. The average molecular weight is 598 g/mol. The fourth-order valence-corrected chi connectivity index (χ4v) is 6.06. The first-order valence-electron chi connectivity index (χ1n) is 13.0. The third-order valence-electron chi connectivity index (χ3n) is 6.36. The molecule has 200 valence electrons. The van der Waals surface area contributed by atoms with E-state index in [2.05, 4.69) is 48.8 Å². The van der Waals surface area contributed by atoms with Gasteiger partial charge < -0.3 is 9.47 Å². The Bertz CT molecular complexity index is 1530. The van der Waals surface area contributed by atoms with Gasteiger partial charge >= 0.3 is 5.97 Å². The van der Waals surface area contributed by atoms with Crippen LogP contribution in [0.15, 0.2) is 68.0 Å². The van der Waals surface area contributed by atoms with E-state index in [0.29, 0.717) is 39.5 Å². The highest BCUT2D eigenvalue weighted by molar-refractivity contribution is 9.10. The second-order valence-corrected chi connectivity index (χ2v) is 11.2. The van der Waals surface area contributed by atoms with Crippen LogP contribution in [0.4, 0.5) is 0 Å². The highest BCUT2D eigenvalue weighted by atomic mass is 79.9. The van der Waals surface area contributed by atoms with Crippen molar-refractivity contribution >= 4 is 39.3 Å². The van der Waals surface area contributed by atoms with Crippen LogP contribution in [0.1, 0.15) is 76.1 Å². The van der Waals surface area contributed by atoms with Gasteiger partial charge in [0, 0.05) is 0 Å². The second-order valence-electron chi connectivity index (χ2n) is 9.36. The average Bonchev–Trinajstić information content (AvgIpc) is 3.19. The lowest BCUT2D eigenvalue weighted by Crippen LogP contribution is -2.40. The van der Waals surface area contributed by atoms with Crippen molar-refractivity contribution in [3.63, 3.8) is 0 Å². The van der Waals surface area contributed by atoms with E-state index in [1.807, 2.05) is 43.3 Å². The molecule has 3 aromatic rings. The zero-order valence-electron chi connectivity index (χ0n) is 22.4. The molecule has 0 N–H and O–H groups in total. The minimum absolute atomic E-state index is 0.186. The fourth-order valence-electron chi connectivity index (χ4n) is 4.53. The van der Waals surface area contributed by atoms with Gasteiger partial charge in [0.25, 0.3) is 5.56 Å². The minimum atomic E-state index is -0.609. The van der Waals surface area contributed by atoms with Gasteiger partial charge in [0.15, 0.2) is 4.80 Å². The number of halogens is 1. The Balaban J connectivity index is 1.93. The van der Waals surface area contributed by atoms with Crippen molar-refractivity contribution in [2.45, 2.75) is 59.4 Å². The van der Waals surface area contributed by atoms with E-state index in [0.717, 1.165) is 27.8 Å². The first-order chi connectivity index (χ1) is 18.3. The second kappa shape index (κ2) is 12.3. The highest BCUT2D eigenvalue weighted by Crippen LogP contribution is 2.33. The first-order valence-corrected chi connectivity index (χ1v) is 14.6. The summed E-state index contributed by atoms with van der Waals surface area (Å²) in [5.41, 5.74) is 3.85. The monoisotopic (exact) mass is 596 g/mol. The van der Waals surface area contributed by atoms with E-state index in [4.69, 9.17) is 14.5 Å². The summed E-state index contributed by atoms with van der Waals surface area (Å²) in [4.78, 5) is 32.6. The standard InChI is InChI=1S/C30H33BrN2O4S/c1-6-9-23-26(29(35)37-8-3)27(21-13-11-20(12-14-21)18(4)5)33-28(34)25(38-30(33)32-23)17-19-10-15-24(36-7-2)22(31)16-19/h10-18,27H,6-9H2,1-5H3/b25-17-/t27-/m1/s1. The molecule has 0 spiro atoms. The maximum atomic E-state index is 13.9. The van der Waals surface area contributed by atoms with E-state index < -0.39 is 12.0 Å². The zero-order chi connectivity index (χ0) is 27.4. The first kappa shape index (κ1) is 28.0. The summed E-state index contributed by atoms with van der Waals surface area (Å²) in [6.07, 6.45) is 3.29. The number of nitrogens with zero attached hydrogens (tertiary/aromatic N) is 2. The molecule has 1 aliphatic heterocycles. The van der Waals surface area contributed by atoms with Crippen molar-refractivity contribution < 1.29 is 14.3 Å². The Kier molecular flexibility index (Phi) is 9.05. The molecule has 8 heteroatoms. The molecule has 0 radical (unpaired) electrons. The quantitative estimate of drug-likeness (QED) is 0.290. The van der Waals surface area contributed by atoms with Crippen molar-refractivity contribution in [2.24, 2.45) is 4.99 Å². The number of carbonyl (C=O) groups is 1. The third-order valence-corrected chi connectivity index (χ3v) is 7.97. The van der Waals surface area contributed by atoms with Crippen LogP contribution in [-0.4, -0.2) is 23.8 Å². The van der Waals surface area contributed by atoms with Crippen LogP contribution in [-0.2, 0) is 9.53 Å². The van der Waals surface area contributed by atoms with E-state index in [-0.39, 0.29) is 12.2 Å². The van der Waals surface area contributed by atoms with Crippen LogP contribution in [0.3, 0.4) is 0 Å². The molecule has 6 nitrogen and oxygen atoms in total. The van der Waals surface area contributed by atoms with Gasteiger partial charge in [-0.2, -0.15) is 0 Å². The van der Waals surface area contributed by atoms with Crippen LogP contribution < -0.4 is 19.6 Å². The number of carbonyl (C=O) groups excluding carboxylic acids is 1. The van der Waals surface area contributed by atoms with Crippen molar-refractivity contribution in [3.8, 4) is 5.75 Å². The van der Waals surface area contributed by atoms with Gasteiger partial charge in [-0.3, -0.25) is 9.36 Å². The molecule has 4 rings (SSSR count). The smallest absolute Gasteiger partial charge is 0.338 e. The molecule has 1 atom stereocenters. The highest BCUT2D eigenvalue weighted by Gasteiger charge is 2.34. The van der Waals surface area contributed by atoms with E-state index in [1.54, 1.807) is 11.5 Å². The molecule has 0 aliphatic carbocycles. The lowest BCUT2D eigenvalue weighted by atomic mass is 9.92. The lowest BCUT2D eigenvalue weighted by Gasteiger charge is -2.26. The number of hydrogen-bond donors (Lipinski definition) is 0. The molecule has 0 amide bonds. The molecule has 0 unspecified atom stereocenters. The predicted octanol–water partition coefficient (Wildman–Crippen LogP) is 5.86.